The number of benzene rings is 1. The van der Waals surface area contributed by atoms with Gasteiger partial charge in [-0.05, 0) is 49.2 Å². The summed E-state index contributed by atoms with van der Waals surface area (Å²) in [7, 11) is -0.232. The second-order valence-electron chi connectivity index (χ2n) is 4.54. The predicted molar refractivity (Wildman–Crippen MR) is 85.6 cm³/mol. The Balaban J connectivity index is 2.31. The Kier molecular flexibility index (Phi) is 4.87. The van der Waals surface area contributed by atoms with Crippen molar-refractivity contribution in [3.05, 3.63) is 40.1 Å². The number of methoxy groups -OCH3 is 1. The van der Waals surface area contributed by atoms with Crippen molar-refractivity contribution in [2.24, 2.45) is 0 Å². The zero-order valence-electron chi connectivity index (χ0n) is 12.1. The lowest BCUT2D eigenvalue weighted by atomic mass is 10.3. The first-order valence-electron chi connectivity index (χ1n) is 6.36. The number of ether oxygens (including phenoxy) is 1. The summed E-state index contributed by atoms with van der Waals surface area (Å²) in [6, 6.07) is 6.78. The van der Waals surface area contributed by atoms with Gasteiger partial charge in [0.1, 0.15) is 10.6 Å². The van der Waals surface area contributed by atoms with Crippen LogP contribution in [0.3, 0.4) is 0 Å². The highest BCUT2D eigenvalue weighted by molar-refractivity contribution is 7.93. The summed E-state index contributed by atoms with van der Waals surface area (Å²) >= 11 is 1.44. The largest absolute Gasteiger partial charge is 0.497 e. The smallest absolute Gasteiger partial charge is 0.263 e. The molecule has 114 valence electrons. The van der Waals surface area contributed by atoms with Crippen LogP contribution in [0, 0.1) is 6.92 Å². The van der Waals surface area contributed by atoms with Crippen molar-refractivity contribution in [3.8, 4) is 5.75 Å². The van der Waals surface area contributed by atoms with Crippen LogP contribution < -0.4 is 14.8 Å². The molecule has 0 aliphatic heterocycles. The van der Waals surface area contributed by atoms with E-state index in [0.29, 0.717) is 22.9 Å². The summed E-state index contributed by atoms with van der Waals surface area (Å²) in [6.45, 7) is 2.33. The summed E-state index contributed by atoms with van der Waals surface area (Å²) in [5, 5.41) is 4.85. The van der Waals surface area contributed by atoms with Gasteiger partial charge in [0.2, 0.25) is 0 Å². The van der Waals surface area contributed by atoms with Crippen LogP contribution in [0.15, 0.2) is 34.5 Å². The maximum Gasteiger partial charge on any atom is 0.263 e. The molecule has 7 heteroatoms. The molecule has 0 aliphatic carbocycles. The third-order valence-electron chi connectivity index (χ3n) is 2.94. The number of hydrogen-bond donors (Lipinski definition) is 2. The molecule has 0 atom stereocenters. The lowest BCUT2D eigenvalue weighted by Gasteiger charge is -2.10. The van der Waals surface area contributed by atoms with Gasteiger partial charge in [-0.1, -0.05) is 0 Å². The molecular formula is C14H18N2O3S2. The minimum atomic E-state index is -3.59. The summed E-state index contributed by atoms with van der Waals surface area (Å²) < 4.78 is 32.8. The van der Waals surface area contributed by atoms with E-state index in [2.05, 4.69) is 10.0 Å². The molecule has 0 amide bonds. The molecule has 0 bridgehead atoms. The predicted octanol–water partition coefficient (Wildman–Crippen LogP) is 2.59. The maximum atomic E-state index is 12.6. The van der Waals surface area contributed by atoms with Gasteiger partial charge < -0.3 is 10.1 Å². The highest BCUT2D eigenvalue weighted by atomic mass is 32.2. The molecule has 21 heavy (non-hydrogen) atoms. The Morgan fingerprint density at radius 2 is 1.90 bits per heavy atom. The standard InChI is InChI=1S/C14H18N2O3S2/c1-10-9-20-13(8-15-2)14(10)21(17,18)16-11-4-6-12(19-3)7-5-11/h4-7,9,15-16H,8H2,1-3H3. The molecule has 5 nitrogen and oxygen atoms in total. The minimum Gasteiger partial charge on any atom is -0.497 e. The molecule has 2 rings (SSSR count). The van der Waals surface area contributed by atoms with Gasteiger partial charge in [-0.25, -0.2) is 8.42 Å². The molecule has 2 aromatic rings. The number of anilines is 1. The van der Waals surface area contributed by atoms with E-state index in [1.807, 2.05) is 5.38 Å². The fraction of sp³-hybridized carbons (Fsp3) is 0.286. The second kappa shape index (κ2) is 6.46. The lowest BCUT2D eigenvalue weighted by molar-refractivity contribution is 0.415. The number of rotatable bonds is 6. The molecule has 0 saturated carbocycles. The van der Waals surface area contributed by atoms with E-state index < -0.39 is 10.0 Å². The zero-order valence-corrected chi connectivity index (χ0v) is 13.8. The lowest BCUT2D eigenvalue weighted by Crippen LogP contribution is -2.16. The van der Waals surface area contributed by atoms with Crippen molar-refractivity contribution in [2.45, 2.75) is 18.4 Å². The van der Waals surface area contributed by atoms with Gasteiger partial charge in [0.15, 0.2) is 0 Å². The monoisotopic (exact) mass is 326 g/mol. The van der Waals surface area contributed by atoms with Gasteiger partial charge in [0.05, 0.1) is 7.11 Å². The third kappa shape index (κ3) is 3.55. The first kappa shape index (κ1) is 15.8. The molecule has 0 fully saturated rings. The number of nitrogens with one attached hydrogen (secondary N) is 2. The number of aryl methyl sites for hydroxylation is 1. The van der Waals surface area contributed by atoms with Crippen LogP contribution in [0.5, 0.6) is 5.75 Å². The van der Waals surface area contributed by atoms with Crippen LogP contribution in [0.1, 0.15) is 10.4 Å². The topological polar surface area (TPSA) is 67.4 Å². The molecule has 0 saturated heterocycles. The van der Waals surface area contributed by atoms with Crippen molar-refractivity contribution in [2.75, 3.05) is 18.9 Å². The normalized spacial score (nSPS) is 11.4. The Morgan fingerprint density at radius 3 is 2.48 bits per heavy atom. The first-order valence-corrected chi connectivity index (χ1v) is 8.72. The Morgan fingerprint density at radius 1 is 1.24 bits per heavy atom. The van der Waals surface area contributed by atoms with E-state index in [9.17, 15) is 8.42 Å². The van der Waals surface area contributed by atoms with E-state index in [0.717, 1.165) is 10.4 Å². The average molecular weight is 326 g/mol. The van der Waals surface area contributed by atoms with Crippen LogP contribution in [0.4, 0.5) is 5.69 Å². The summed E-state index contributed by atoms with van der Waals surface area (Å²) in [6.07, 6.45) is 0. The van der Waals surface area contributed by atoms with Gasteiger partial charge >= 0.3 is 0 Å². The van der Waals surface area contributed by atoms with Gasteiger partial charge in [-0.15, -0.1) is 11.3 Å². The van der Waals surface area contributed by atoms with Crippen LogP contribution in [-0.4, -0.2) is 22.6 Å². The van der Waals surface area contributed by atoms with E-state index in [1.54, 1.807) is 45.3 Å². The molecule has 1 aromatic carbocycles. The maximum absolute atomic E-state index is 12.6. The van der Waals surface area contributed by atoms with E-state index in [-0.39, 0.29) is 0 Å². The SMILES string of the molecule is CNCc1scc(C)c1S(=O)(=O)Nc1ccc(OC)cc1. The Labute approximate surface area is 129 Å². The van der Waals surface area contributed by atoms with E-state index in [1.165, 1.54) is 11.3 Å². The van der Waals surface area contributed by atoms with Crippen molar-refractivity contribution in [1.82, 2.24) is 5.32 Å². The summed E-state index contributed by atoms with van der Waals surface area (Å²) in [5.41, 5.74) is 1.27. The van der Waals surface area contributed by atoms with Crippen LogP contribution >= 0.6 is 11.3 Å². The molecule has 0 aliphatic rings. The zero-order chi connectivity index (χ0) is 15.5. The second-order valence-corrected chi connectivity index (χ2v) is 7.12. The quantitative estimate of drug-likeness (QED) is 0.856. The van der Waals surface area contributed by atoms with Crippen molar-refractivity contribution >= 4 is 27.0 Å². The molecule has 0 spiro atoms. The number of thiophene rings is 1. The number of sulfonamides is 1. The highest BCUT2D eigenvalue weighted by Crippen LogP contribution is 2.29. The van der Waals surface area contributed by atoms with E-state index >= 15 is 0 Å². The number of hydrogen-bond acceptors (Lipinski definition) is 5. The Bertz CT molecular complexity index is 706. The fourth-order valence-corrected chi connectivity index (χ4v) is 4.88. The summed E-state index contributed by atoms with van der Waals surface area (Å²) in [5.74, 6) is 0.681. The fourth-order valence-electron chi connectivity index (χ4n) is 2.00. The first-order chi connectivity index (χ1) is 9.97. The minimum absolute atomic E-state index is 0.359. The molecule has 1 aromatic heterocycles. The van der Waals surface area contributed by atoms with E-state index in [4.69, 9.17) is 4.74 Å². The van der Waals surface area contributed by atoms with Gasteiger partial charge in [-0.3, -0.25) is 4.72 Å². The third-order valence-corrected chi connectivity index (χ3v) is 5.78. The van der Waals surface area contributed by atoms with Gasteiger partial charge in [0, 0.05) is 17.1 Å². The van der Waals surface area contributed by atoms with Crippen molar-refractivity contribution in [3.63, 3.8) is 0 Å². The van der Waals surface area contributed by atoms with Crippen LogP contribution in [0.25, 0.3) is 0 Å². The van der Waals surface area contributed by atoms with Gasteiger partial charge in [-0.2, -0.15) is 0 Å². The molecule has 1 heterocycles. The van der Waals surface area contributed by atoms with Crippen molar-refractivity contribution in [1.29, 1.82) is 0 Å². The van der Waals surface area contributed by atoms with Crippen LogP contribution in [-0.2, 0) is 16.6 Å². The Hall–Kier alpha value is -1.57. The van der Waals surface area contributed by atoms with Gasteiger partial charge in [0.25, 0.3) is 10.0 Å². The molecule has 0 radical (unpaired) electrons. The molecule has 0 unspecified atom stereocenters. The summed E-state index contributed by atoms with van der Waals surface area (Å²) in [4.78, 5) is 1.16. The molecular weight excluding hydrogens is 308 g/mol. The average Bonchev–Trinajstić information content (AvgIpc) is 2.81. The van der Waals surface area contributed by atoms with Crippen LogP contribution in [0.2, 0.25) is 0 Å². The highest BCUT2D eigenvalue weighted by Gasteiger charge is 2.22. The van der Waals surface area contributed by atoms with Crippen molar-refractivity contribution < 1.29 is 13.2 Å². The molecule has 2 N–H and O–H groups in total.